The number of aryl methyl sites for hydroxylation is 2. The molecule has 0 radical (unpaired) electrons. The van der Waals surface area contributed by atoms with Crippen LogP contribution in [0.1, 0.15) is 34.3 Å². The third-order valence-corrected chi connectivity index (χ3v) is 5.08. The summed E-state index contributed by atoms with van der Waals surface area (Å²) in [5.41, 5.74) is 1.10. The van der Waals surface area contributed by atoms with E-state index in [0.29, 0.717) is 23.8 Å². The molecule has 0 spiro atoms. The van der Waals surface area contributed by atoms with E-state index in [-0.39, 0.29) is 11.7 Å². The zero-order valence-electron chi connectivity index (χ0n) is 14.1. The molecule has 3 rings (SSSR count). The molecule has 25 heavy (non-hydrogen) atoms. The van der Waals surface area contributed by atoms with E-state index >= 15 is 0 Å². The lowest BCUT2D eigenvalue weighted by Gasteiger charge is -2.14. The second kappa shape index (κ2) is 6.79. The lowest BCUT2D eigenvalue weighted by atomic mass is 10.1. The summed E-state index contributed by atoms with van der Waals surface area (Å²) >= 11 is 1.33. The van der Waals surface area contributed by atoms with Crippen LogP contribution in [0.4, 0.5) is 20.0 Å². The number of nitrogens with one attached hydrogen (secondary N) is 1. The molecule has 0 bridgehead atoms. The van der Waals surface area contributed by atoms with Crippen LogP contribution in [0.25, 0.3) is 0 Å². The van der Waals surface area contributed by atoms with Crippen LogP contribution in [0, 0.1) is 19.7 Å². The Bertz CT molecular complexity index is 817. The molecule has 1 aromatic heterocycles. The molecule has 1 saturated heterocycles. The highest BCUT2D eigenvalue weighted by Crippen LogP contribution is 2.26. The van der Waals surface area contributed by atoms with E-state index in [1.54, 1.807) is 0 Å². The van der Waals surface area contributed by atoms with Crippen molar-refractivity contribution >= 4 is 34.2 Å². The number of cyclic esters (lactones) is 1. The van der Waals surface area contributed by atoms with Gasteiger partial charge in [0.25, 0.3) is 5.91 Å². The van der Waals surface area contributed by atoms with Crippen LogP contribution >= 0.6 is 11.3 Å². The number of carbonyl (C=O) groups is 2. The Hall–Kier alpha value is -2.48. The largest absolute Gasteiger partial charge is 0.444 e. The zero-order valence-corrected chi connectivity index (χ0v) is 14.9. The molecule has 0 saturated carbocycles. The molecule has 8 heteroatoms. The van der Waals surface area contributed by atoms with E-state index < -0.39 is 17.8 Å². The van der Waals surface area contributed by atoms with Crippen molar-refractivity contribution in [1.29, 1.82) is 0 Å². The summed E-state index contributed by atoms with van der Waals surface area (Å²) in [5, 5.41) is 3.03. The fourth-order valence-electron chi connectivity index (χ4n) is 2.49. The monoisotopic (exact) mass is 363 g/mol. The zero-order chi connectivity index (χ0) is 18.1. The summed E-state index contributed by atoms with van der Waals surface area (Å²) in [7, 11) is 0. The fraction of sp³-hybridized carbons (Fsp3) is 0.353. The molecule has 6 nitrogen and oxygen atoms in total. The number of benzene rings is 1. The summed E-state index contributed by atoms with van der Waals surface area (Å²) in [4.78, 5) is 30.7. The number of aromatic nitrogens is 1. The van der Waals surface area contributed by atoms with E-state index in [1.807, 2.05) is 20.8 Å². The highest BCUT2D eigenvalue weighted by atomic mass is 32.1. The Balaban J connectivity index is 1.77. The summed E-state index contributed by atoms with van der Waals surface area (Å²) in [6, 6.07) is 4.07. The number of ether oxygens (including phenoxy) is 1. The van der Waals surface area contributed by atoms with Gasteiger partial charge in [-0.2, -0.15) is 0 Å². The first-order chi connectivity index (χ1) is 11.9. The minimum atomic E-state index is -0.701. The normalized spacial score (nSPS) is 16.9. The highest BCUT2D eigenvalue weighted by Gasteiger charge is 2.31. The van der Waals surface area contributed by atoms with Crippen LogP contribution in [0.15, 0.2) is 18.2 Å². The Morgan fingerprint density at radius 3 is 2.80 bits per heavy atom. The van der Waals surface area contributed by atoms with Crippen molar-refractivity contribution in [2.45, 2.75) is 33.3 Å². The lowest BCUT2D eigenvalue weighted by molar-refractivity contribution is 0.102. The van der Waals surface area contributed by atoms with E-state index in [2.05, 4.69) is 10.3 Å². The van der Waals surface area contributed by atoms with Crippen molar-refractivity contribution in [1.82, 2.24) is 4.98 Å². The maximum absolute atomic E-state index is 14.4. The predicted octanol–water partition coefficient (Wildman–Crippen LogP) is 3.89. The van der Waals surface area contributed by atoms with Gasteiger partial charge < -0.3 is 4.74 Å². The molecule has 1 fully saturated rings. The number of amides is 2. The van der Waals surface area contributed by atoms with Gasteiger partial charge in [-0.3, -0.25) is 15.0 Å². The van der Waals surface area contributed by atoms with Gasteiger partial charge in [0.05, 0.1) is 23.5 Å². The van der Waals surface area contributed by atoms with Gasteiger partial charge in [-0.05, 0) is 38.5 Å². The van der Waals surface area contributed by atoms with Gasteiger partial charge in [-0.15, -0.1) is 11.3 Å². The second-order valence-corrected chi connectivity index (χ2v) is 7.01. The van der Waals surface area contributed by atoms with Gasteiger partial charge in [0.15, 0.2) is 5.13 Å². The first-order valence-electron chi connectivity index (χ1n) is 7.92. The standard InChI is InChI=1S/C17H18FN3O3S/c1-4-12-8-21(17(23)24-12)11-5-6-13(14(18)7-11)15(22)20-16-19-9(2)10(3)25-16/h5-7,12H,4,8H2,1-3H3,(H,19,20,22)/t12-/m0/s1. The van der Waals surface area contributed by atoms with Crippen molar-refractivity contribution in [3.05, 3.63) is 40.2 Å². The van der Waals surface area contributed by atoms with Crippen molar-refractivity contribution in [3.8, 4) is 0 Å². The molecule has 2 aromatic rings. The Morgan fingerprint density at radius 1 is 1.48 bits per heavy atom. The molecule has 2 amide bonds. The molecule has 0 aliphatic carbocycles. The number of rotatable bonds is 4. The van der Waals surface area contributed by atoms with Crippen LogP contribution in [0.2, 0.25) is 0 Å². The van der Waals surface area contributed by atoms with E-state index in [1.165, 1.54) is 34.4 Å². The summed E-state index contributed by atoms with van der Waals surface area (Å²) in [5.74, 6) is -1.28. The predicted molar refractivity (Wildman–Crippen MR) is 93.8 cm³/mol. The van der Waals surface area contributed by atoms with Crippen LogP contribution in [-0.4, -0.2) is 29.6 Å². The number of halogens is 1. The van der Waals surface area contributed by atoms with E-state index in [4.69, 9.17) is 4.74 Å². The molecular weight excluding hydrogens is 345 g/mol. The van der Waals surface area contributed by atoms with Crippen LogP contribution in [-0.2, 0) is 4.74 Å². The molecular formula is C17H18FN3O3S. The van der Waals surface area contributed by atoms with Crippen LogP contribution < -0.4 is 10.2 Å². The van der Waals surface area contributed by atoms with Gasteiger partial charge in [0.1, 0.15) is 11.9 Å². The van der Waals surface area contributed by atoms with Gasteiger partial charge in [-0.25, -0.2) is 14.2 Å². The summed E-state index contributed by atoms with van der Waals surface area (Å²) in [6.07, 6.45) is -0.00943. The van der Waals surface area contributed by atoms with Crippen molar-refractivity contribution in [3.63, 3.8) is 0 Å². The van der Waals surface area contributed by atoms with Gasteiger partial charge >= 0.3 is 6.09 Å². The lowest BCUT2D eigenvalue weighted by Crippen LogP contribution is -2.25. The smallest absolute Gasteiger partial charge is 0.414 e. The quantitative estimate of drug-likeness (QED) is 0.895. The average molecular weight is 363 g/mol. The number of anilines is 2. The third-order valence-electron chi connectivity index (χ3n) is 4.09. The SMILES string of the molecule is CC[C@H]1CN(c2ccc(C(=O)Nc3nc(C)c(C)s3)c(F)c2)C(=O)O1. The number of hydrogen-bond acceptors (Lipinski definition) is 5. The van der Waals surface area contributed by atoms with Gasteiger partial charge in [-0.1, -0.05) is 6.92 Å². The first kappa shape index (κ1) is 17.3. The number of hydrogen-bond donors (Lipinski definition) is 1. The molecule has 1 atom stereocenters. The third kappa shape index (κ3) is 3.48. The Kier molecular flexibility index (Phi) is 4.71. The van der Waals surface area contributed by atoms with E-state index in [9.17, 15) is 14.0 Å². The molecule has 2 heterocycles. The van der Waals surface area contributed by atoms with Crippen molar-refractivity contribution in [2.24, 2.45) is 0 Å². The summed E-state index contributed by atoms with van der Waals surface area (Å²) in [6.45, 7) is 6.03. The molecule has 1 aliphatic heterocycles. The maximum Gasteiger partial charge on any atom is 0.414 e. The number of carbonyl (C=O) groups excluding carboxylic acids is 2. The first-order valence-corrected chi connectivity index (χ1v) is 8.73. The maximum atomic E-state index is 14.4. The number of thiazole rings is 1. The van der Waals surface area contributed by atoms with Crippen LogP contribution in [0.3, 0.4) is 0 Å². The molecule has 132 valence electrons. The minimum absolute atomic E-state index is 0.103. The van der Waals surface area contributed by atoms with Crippen molar-refractivity contribution < 1.29 is 18.7 Å². The molecule has 1 N–H and O–H groups in total. The Labute approximate surface area is 148 Å². The number of nitrogens with zero attached hydrogens (tertiary/aromatic N) is 2. The topological polar surface area (TPSA) is 71.5 Å². The van der Waals surface area contributed by atoms with Crippen LogP contribution in [0.5, 0.6) is 0 Å². The molecule has 1 aliphatic rings. The molecule has 0 unspecified atom stereocenters. The van der Waals surface area contributed by atoms with E-state index in [0.717, 1.165) is 10.6 Å². The van der Waals surface area contributed by atoms with Crippen molar-refractivity contribution in [2.75, 3.05) is 16.8 Å². The van der Waals surface area contributed by atoms with Gasteiger partial charge in [0.2, 0.25) is 0 Å². The second-order valence-electron chi connectivity index (χ2n) is 5.80. The van der Waals surface area contributed by atoms with Gasteiger partial charge in [0, 0.05) is 4.88 Å². The fourth-order valence-corrected chi connectivity index (χ4v) is 3.30. The highest BCUT2D eigenvalue weighted by molar-refractivity contribution is 7.15. The summed E-state index contributed by atoms with van der Waals surface area (Å²) < 4.78 is 19.6. The Morgan fingerprint density at radius 2 is 2.24 bits per heavy atom. The molecule has 1 aromatic carbocycles. The minimum Gasteiger partial charge on any atom is -0.444 e. The average Bonchev–Trinajstić information content (AvgIpc) is 3.09.